The Bertz CT molecular complexity index is 965. The zero-order valence-electron chi connectivity index (χ0n) is 15.1. The molecule has 1 saturated heterocycles. The average Bonchev–Trinajstić information content (AvgIpc) is 2.72. The van der Waals surface area contributed by atoms with E-state index in [1.165, 1.54) is 30.2 Å². The summed E-state index contributed by atoms with van der Waals surface area (Å²) in [6.07, 6.45) is 0. The maximum absolute atomic E-state index is 14.1. The molecule has 2 aromatic rings. The minimum absolute atomic E-state index is 0.0720. The van der Waals surface area contributed by atoms with E-state index in [2.05, 4.69) is 0 Å². The topological polar surface area (TPSA) is 99.7 Å². The number of rotatable bonds is 4. The van der Waals surface area contributed by atoms with Gasteiger partial charge in [0.25, 0.3) is 11.6 Å². The number of nitro groups is 1. The number of amides is 1. The lowest BCUT2D eigenvalue weighted by molar-refractivity contribution is -0.384. The summed E-state index contributed by atoms with van der Waals surface area (Å²) in [6, 6.07) is 10.2. The van der Waals surface area contributed by atoms with Crippen molar-refractivity contribution in [3.8, 4) is 11.8 Å². The van der Waals surface area contributed by atoms with Gasteiger partial charge in [0.15, 0.2) is 0 Å². The number of nitriles is 1. The van der Waals surface area contributed by atoms with Crippen LogP contribution in [0.4, 0.5) is 15.8 Å². The van der Waals surface area contributed by atoms with E-state index in [4.69, 9.17) is 10.00 Å². The lowest BCUT2D eigenvalue weighted by Gasteiger charge is -2.36. The lowest BCUT2D eigenvalue weighted by Crippen LogP contribution is -2.49. The van der Waals surface area contributed by atoms with Gasteiger partial charge in [-0.05, 0) is 30.3 Å². The van der Waals surface area contributed by atoms with Crippen LogP contribution in [0.1, 0.15) is 15.9 Å². The van der Waals surface area contributed by atoms with Crippen LogP contribution in [-0.2, 0) is 0 Å². The Kier molecular flexibility index (Phi) is 5.40. The van der Waals surface area contributed by atoms with Crippen LogP contribution in [0.2, 0.25) is 0 Å². The third kappa shape index (κ3) is 3.71. The molecular formula is C19H17FN4O4. The number of benzene rings is 2. The molecule has 0 radical (unpaired) electrons. The van der Waals surface area contributed by atoms with Crippen molar-refractivity contribution in [1.82, 2.24) is 4.90 Å². The number of nitrogens with zero attached hydrogens (tertiary/aromatic N) is 4. The smallest absolute Gasteiger partial charge is 0.296 e. The minimum atomic E-state index is -0.739. The number of nitro benzene ring substituents is 1. The van der Waals surface area contributed by atoms with E-state index in [1.807, 2.05) is 11.0 Å². The summed E-state index contributed by atoms with van der Waals surface area (Å²) in [5.41, 5.74) is 0.424. The molecule has 0 aromatic heterocycles. The van der Waals surface area contributed by atoms with Gasteiger partial charge in [-0.1, -0.05) is 0 Å². The molecule has 1 heterocycles. The van der Waals surface area contributed by atoms with Gasteiger partial charge in [0.05, 0.1) is 35.3 Å². The summed E-state index contributed by atoms with van der Waals surface area (Å²) in [5, 5.41) is 20.2. The first-order chi connectivity index (χ1) is 13.4. The molecule has 0 atom stereocenters. The highest BCUT2D eigenvalue weighted by atomic mass is 19.1. The molecule has 0 spiro atoms. The highest BCUT2D eigenvalue weighted by molar-refractivity contribution is 5.94. The maximum Gasteiger partial charge on any atom is 0.296 e. The normalized spacial score (nSPS) is 13.8. The Morgan fingerprint density at radius 3 is 2.50 bits per heavy atom. The molecular weight excluding hydrogens is 367 g/mol. The first kappa shape index (κ1) is 19.1. The number of hydrogen-bond donors (Lipinski definition) is 0. The van der Waals surface area contributed by atoms with Gasteiger partial charge in [-0.2, -0.15) is 5.26 Å². The van der Waals surface area contributed by atoms with Crippen molar-refractivity contribution < 1.29 is 18.8 Å². The Labute approximate surface area is 160 Å². The number of carbonyl (C=O) groups excluding carboxylic acids is 1. The molecule has 9 heteroatoms. The van der Waals surface area contributed by atoms with Crippen molar-refractivity contribution in [3.63, 3.8) is 0 Å². The molecule has 8 nitrogen and oxygen atoms in total. The van der Waals surface area contributed by atoms with Crippen LogP contribution < -0.4 is 9.64 Å². The molecule has 144 valence electrons. The van der Waals surface area contributed by atoms with Gasteiger partial charge in [-0.25, -0.2) is 4.39 Å². The maximum atomic E-state index is 14.1. The zero-order valence-corrected chi connectivity index (χ0v) is 15.1. The van der Waals surface area contributed by atoms with Gasteiger partial charge in [-0.3, -0.25) is 14.9 Å². The molecule has 2 aromatic carbocycles. The first-order valence-electron chi connectivity index (χ1n) is 8.51. The van der Waals surface area contributed by atoms with Crippen LogP contribution >= 0.6 is 0 Å². The number of hydrogen-bond acceptors (Lipinski definition) is 6. The molecule has 0 aliphatic carbocycles. The highest BCUT2D eigenvalue weighted by Crippen LogP contribution is 2.32. The highest BCUT2D eigenvalue weighted by Gasteiger charge is 2.27. The van der Waals surface area contributed by atoms with Crippen LogP contribution in [0.15, 0.2) is 36.4 Å². The van der Waals surface area contributed by atoms with Crippen molar-refractivity contribution in [2.75, 3.05) is 38.2 Å². The number of methoxy groups -OCH3 is 1. The van der Waals surface area contributed by atoms with Crippen molar-refractivity contribution in [3.05, 3.63) is 63.5 Å². The number of halogens is 1. The van der Waals surface area contributed by atoms with Gasteiger partial charge >= 0.3 is 0 Å². The van der Waals surface area contributed by atoms with E-state index >= 15 is 0 Å². The number of carbonyl (C=O) groups is 1. The Morgan fingerprint density at radius 1 is 1.21 bits per heavy atom. The first-order valence-corrected chi connectivity index (χ1v) is 8.51. The molecule has 1 aliphatic heterocycles. The molecule has 3 rings (SSSR count). The van der Waals surface area contributed by atoms with Crippen molar-refractivity contribution in [2.45, 2.75) is 0 Å². The summed E-state index contributed by atoms with van der Waals surface area (Å²) in [7, 11) is 1.44. The second kappa shape index (κ2) is 7.92. The standard InChI is InChI=1S/C19H17FN4O4/c1-28-14-3-5-17(18(11-14)24(26)27)22-6-8-23(9-7-22)19(25)15-4-2-13(12-21)10-16(15)20/h2-5,10-11H,6-9H2,1H3. The van der Waals surface area contributed by atoms with Crippen LogP contribution in [0.25, 0.3) is 0 Å². The van der Waals surface area contributed by atoms with E-state index in [1.54, 1.807) is 12.1 Å². The fourth-order valence-corrected chi connectivity index (χ4v) is 3.12. The van der Waals surface area contributed by atoms with E-state index in [0.717, 1.165) is 6.07 Å². The quantitative estimate of drug-likeness (QED) is 0.593. The fraction of sp³-hybridized carbons (Fsp3) is 0.263. The van der Waals surface area contributed by atoms with Gasteiger partial charge in [0.2, 0.25) is 0 Å². The molecule has 0 N–H and O–H groups in total. The summed E-state index contributed by atoms with van der Waals surface area (Å²) in [5.74, 6) is -0.816. The van der Waals surface area contributed by atoms with Gasteiger partial charge < -0.3 is 14.5 Å². The molecule has 0 bridgehead atoms. The summed E-state index contributed by atoms with van der Waals surface area (Å²) in [6.45, 7) is 1.33. The monoisotopic (exact) mass is 384 g/mol. The lowest BCUT2D eigenvalue weighted by atomic mass is 10.1. The molecule has 0 unspecified atom stereocenters. The number of ether oxygens (including phenoxy) is 1. The Morgan fingerprint density at radius 2 is 1.93 bits per heavy atom. The largest absolute Gasteiger partial charge is 0.496 e. The predicted octanol–water partition coefficient (Wildman–Crippen LogP) is 2.58. The molecule has 1 fully saturated rings. The molecule has 28 heavy (non-hydrogen) atoms. The Hall–Kier alpha value is -3.67. The number of piperazine rings is 1. The Balaban J connectivity index is 1.74. The number of anilines is 1. The molecule has 0 saturated carbocycles. The second-order valence-electron chi connectivity index (χ2n) is 6.20. The van der Waals surface area contributed by atoms with Crippen LogP contribution in [0.5, 0.6) is 5.75 Å². The minimum Gasteiger partial charge on any atom is -0.496 e. The van der Waals surface area contributed by atoms with E-state index in [9.17, 15) is 19.3 Å². The van der Waals surface area contributed by atoms with E-state index in [-0.39, 0.29) is 16.8 Å². The summed E-state index contributed by atoms with van der Waals surface area (Å²) >= 11 is 0. The SMILES string of the molecule is COc1ccc(N2CCN(C(=O)c3ccc(C#N)cc3F)CC2)c([N+](=O)[O-])c1. The third-order valence-electron chi connectivity index (χ3n) is 4.62. The second-order valence-corrected chi connectivity index (χ2v) is 6.20. The van der Waals surface area contributed by atoms with Crippen LogP contribution in [0, 0.1) is 27.3 Å². The van der Waals surface area contributed by atoms with Crippen molar-refractivity contribution in [2.24, 2.45) is 0 Å². The van der Waals surface area contributed by atoms with Gasteiger partial charge in [0.1, 0.15) is 17.3 Å². The van der Waals surface area contributed by atoms with E-state index in [0.29, 0.717) is 37.6 Å². The van der Waals surface area contributed by atoms with Crippen molar-refractivity contribution >= 4 is 17.3 Å². The van der Waals surface area contributed by atoms with Crippen LogP contribution in [0.3, 0.4) is 0 Å². The predicted molar refractivity (Wildman–Crippen MR) is 98.9 cm³/mol. The molecule has 1 amide bonds. The van der Waals surface area contributed by atoms with Crippen molar-refractivity contribution in [1.29, 1.82) is 5.26 Å². The summed E-state index contributed by atoms with van der Waals surface area (Å²) < 4.78 is 19.1. The fourth-order valence-electron chi connectivity index (χ4n) is 3.12. The average molecular weight is 384 g/mol. The summed E-state index contributed by atoms with van der Waals surface area (Å²) in [4.78, 5) is 26.8. The van der Waals surface area contributed by atoms with Crippen LogP contribution in [-0.4, -0.2) is 49.0 Å². The third-order valence-corrected chi connectivity index (χ3v) is 4.62. The van der Waals surface area contributed by atoms with Gasteiger partial charge in [0, 0.05) is 26.2 Å². The van der Waals surface area contributed by atoms with E-state index < -0.39 is 16.6 Å². The zero-order chi connectivity index (χ0) is 20.3. The van der Waals surface area contributed by atoms with Gasteiger partial charge in [-0.15, -0.1) is 0 Å². The molecule has 1 aliphatic rings.